The Balaban J connectivity index is 1.01. The van der Waals surface area contributed by atoms with Crippen LogP contribution in [0.15, 0.2) is 97.6 Å². The zero-order chi connectivity index (χ0) is 40.6. The number of H-pyrrole nitrogens is 2. The smallest absolute Gasteiger partial charge is 0.407 e. The minimum absolute atomic E-state index is 0.151. The van der Waals surface area contributed by atoms with Gasteiger partial charge in [-0.15, -0.1) is 0 Å². The Kier molecular flexibility index (Phi) is 12.1. The molecular formula is C43H45N9O6. The molecule has 1 aliphatic heterocycles. The maximum absolute atomic E-state index is 13.9. The van der Waals surface area contributed by atoms with Gasteiger partial charge in [0.2, 0.25) is 5.91 Å². The molecule has 3 aromatic heterocycles. The van der Waals surface area contributed by atoms with Crippen LogP contribution in [0.25, 0.3) is 44.4 Å². The molecule has 0 radical (unpaired) electrons. The first-order chi connectivity index (χ1) is 28.2. The van der Waals surface area contributed by atoms with E-state index in [2.05, 4.69) is 89.9 Å². The van der Waals surface area contributed by atoms with E-state index in [4.69, 9.17) is 9.72 Å². The average Bonchev–Trinajstić information content (AvgIpc) is 4.06. The number of pyridine rings is 1. The second-order valence-electron chi connectivity index (χ2n) is 14.0. The fourth-order valence-electron chi connectivity index (χ4n) is 7.24. The number of methoxy groups -OCH3 is 2. The first-order valence-corrected chi connectivity index (χ1v) is 19.1. The summed E-state index contributed by atoms with van der Waals surface area (Å²) in [6.07, 6.45) is 7.69. The van der Waals surface area contributed by atoms with E-state index in [1.54, 1.807) is 46.7 Å². The average molecular weight is 784 g/mol. The van der Waals surface area contributed by atoms with Crippen LogP contribution in [0.2, 0.25) is 0 Å². The first-order valence-electron chi connectivity index (χ1n) is 19.1. The van der Waals surface area contributed by atoms with Crippen LogP contribution in [0.5, 0.6) is 0 Å². The van der Waals surface area contributed by atoms with Crippen molar-refractivity contribution in [3.05, 3.63) is 115 Å². The fraction of sp³-hybridized carbons (Fsp3) is 0.279. The zero-order valence-electron chi connectivity index (χ0n) is 32.5. The van der Waals surface area contributed by atoms with Crippen molar-refractivity contribution in [1.82, 2.24) is 45.4 Å². The number of rotatable bonds is 13. The molecule has 4 heterocycles. The Morgan fingerprint density at radius 3 is 2.26 bits per heavy atom. The van der Waals surface area contributed by atoms with Crippen LogP contribution in [0.4, 0.5) is 9.59 Å². The number of carbonyl (C=O) groups is 4. The van der Waals surface area contributed by atoms with Gasteiger partial charge in [0.05, 0.1) is 50.6 Å². The molecule has 0 bridgehead atoms. The van der Waals surface area contributed by atoms with Gasteiger partial charge in [0, 0.05) is 36.6 Å². The molecule has 0 aliphatic carbocycles. The molecule has 6 aromatic rings. The molecule has 3 aromatic carbocycles. The molecule has 0 saturated carbocycles. The number of nitrogens with one attached hydrogen (secondary N) is 4. The van der Waals surface area contributed by atoms with E-state index in [1.807, 2.05) is 13.0 Å². The third kappa shape index (κ3) is 8.83. The van der Waals surface area contributed by atoms with Gasteiger partial charge in [0.15, 0.2) is 0 Å². The maximum Gasteiger partial charge on any atom is 0.407 e. The lowest BCUT2D eigenvalue weighted by atomic mass is 9.98. The number of carbonyl (C=O) groups excluding carboxylic acids is 4. The van der Waals surface area contributed by atoms with Crippen LogP contribution < -0.4 is 10.6 Å². The van der Waals surface area contributed by atoms with Crippen molar-refractivity contribution in [1.29, 1.82) is 0 Å². The molecule has 15 heteroatoms. The standard InChI is InChI=1S/C43H45N9O6/c1-4-18-51(38(53)25-47-42(55)57-2)26-37-45-23-35(48-37)32-16-15-30-20-29(13-14-31(30)21-32)27-9-11-28(12-10-27)34-24-46-40(49-34)36-8-6-19-52(36)41(54)39(50-43(56)58-3)33-7-5-17-44-22-33/h5,7,9-17,20-24,36,39H,4,6,8,18-19,25-26H2,1-3H3,(H,45,48)(H,46,49)(H,47,55)(H,50,56)/t36-,39+/m0/s1. The summed E-state index contributed by atoms with van der Waals surface area (Å²) in [6.45, 7) is 3.19. The highest BCUT2D eigenvalue weighted by atomic mass is 16.5. The van der Waals surface area contributed by atoms with Crippen LogP contribution in [0, 0.1) is 0 Å². The van der Waals surface area contributed by atoms with Gasteiger partial charge in [-0.25, -0.2) is 19.6 Å². The predicted molar refractivity (Wildman–Crippen MR) is 217 cm³/mol. The third-order valence-electron chi connectivity index (χ3n) is 10.2. The summed E-state index contributed by atoms with van der Waals surface area (Å²) >= 11 is 0. The molecule has 1 fully saturated rings. The maximum atomic E-state index is 13.9. The Bertz CT molecular complexity index is 2390. The molecule has 1 aliphatic rings. The van der Waals surface area contributed by atoms with Gasteiger partial charge in [-0.2, -0.15) is 0 Å². The van der Waals surface area contributed by atoms with Crippen LogP contribution >= 0.6 is 0 Å². The molecule has 15 nitrogen and oxygen atoms in total. The van der Waals surface area contributed by atoms with E-state index in [-0.39, 0.29) is 24.4 Å². The van der Waals surface area contributed by atoms with Gasteiger partial charge in [0.25, 0.3) is 5.91 Å². The van der Waals surface area contributed by atoms with Crippen LogP contribution in [0.1, 0.15) is 55.5 Å². The van der Waals surface area contributed by atoms with Gasteiger partial charge < -0.3 is 39.9 Å². The topological polar surface area (TPSA) is 188 Å². The monoisotopic (exact) mass is 783 g/mol. The lowest BCUT2D eigenvalue weighted by molar-refractivity contribution is -0.134. The van der Waals surface area contributed by atoms with Crippen LogP contribution in [-0.4, -0.2) is 92.6 Å². The molecule has 0 unspecified atom stereocenters. The third-order valence-corrected chi connectivity index (χ3v) is 10.2. The fourth-order valence-corrected chi connectivity index (χ4v) is 7.24. The number of ether oxygens (including phenoxy) is 2. The van der Waals surface area contributed by atoms with E-state index in [1.165, 1.54) is 14.2 Å². The molecule has 4 amide bonds. The highest BCUT2D eigenvalue weighted by molar-refractivity contribution is 5.91. The summed E-state index contributed by atoms with van der Waals surface area (Å²) in [6, 6.07) is 23.1. The zero-order valence-corrected chi connectivity index (χ0v) is 32.5. The summed E-state index contributed by atoms with van der Waals surface area (Å²) in [7, 11) is 2.52. The summed E-state index contributed by atoms with van der Waals surface area (Å²) in [5.41, 5.74) is 6.32. The minimum Gasteiger partial charge on any atom is -0.453 e. The van der Waals surface area contributed by atoms with Crippen molar-refractivity contribution in [3.63, 3.8) is 0 Å². The molecule has 58 heavy (non-hydrogen) atoms. The van der Waals surface area contributed by atoms with E-state index in [9.17, 15) is 19.2 Å². The number of benzene rings is 3. The second-order valence-corrected chi connectivity index (χ2v) is 14.0. The lowest BCUT2D eigenvalue weighted by Gasteiger charge is -2.28. The van der Waals surface area contributed by atoms with Gasteiger partial charge in [-0.1, -0.05) is 61.5 Å². The Morgan fingerprint density at radius 2 is 1.53 bits per heavy atom. The number of amides is 4. The van der Waals surface area contributed by atoms with Gasteiger partial charge >= 0.3 is 12.2 Å². The Hall–Kier alpha value is -7.03. The number of hydrogen-bond donors (Lipinski definition) is 4. The Labute approximate surface area is 335 Å². The van der Waals surface area contributed by atoms with Gasteiger partial charge in [-0.05, 0) is 64.9 Å². The Morgan fingerprint density at radius 1 is 0.845 bits per heavy atom. The van der Waals surface area contributed by atoms with E-state index in [0.29, 0.717) is 36.8 Å². The SMILES string of the molecule is CCCN(Cc1ncc(-c2ccc3cc(-c4ccc(-c5cnc([C@@H]6CCCN6C(=O)[C@H](NC(=O)OC)c6cccnc6)[nH]5)cc4)ccc3c2)[nH]1)C(=O)CNC(=O)OC. The van der Waals surface area contributed by atoms with E-state index in [0.717, 1.165) is 63.7 Å². The highest BCUT2D eigenvalue weighted by Gasteiger charge is 2.37. The van der Waals surface area contributed by atoms with E-state index >= 15 is 0 Å². The summed E-state index contributed by atoms with van der Waals surface area (Å²) in [5, 5.41) is 7.27. The number of aromatic amines is 2. The molecular weight excluding hydrogens is 739 g/mol. The van der Waals surface area contributed by atoms with Crippen LogP contribution in [-0.2, 0) is 25.6 Å². The molecule has 7 rings (SSSR count). The van der Waals surface area contributed by atoms with Crippen molar-refractivity contribution < 1.29 is 28.7 Å². The molecule has 1 saturated heterocycles. The van der Waals surface area contributed by atoms with Crippen molar-refractivity contribution in [3.8, 4) is 33.6 Å². The molecule has 4 N–H and O–H groups in total. The summed E-state index contributed by atoms with van der Waals surface area (Å²) in [4.78, 5) is 73.8. The second kappa shape index (κ2) is 17.8. The van der Waals surface area contributed by atoms with Crippen molar-refractivity contribution in [2.45, 2.75) is 44.8 Å². The summed E-state index contributed by atoms with van der Waals surface area (Å²) in [5.74, 6) is 0.863. The van der Waals surface area contributed by atoms with Crippen molar-refractivity contribution in [2.24, 2.45) is 0 Å². The van der Waals surface area contributed by atoms with Gasteiger partial charge in [-0.3, -0.25) is 14.6 Å². The molecule has 2 atom stereocenters. The quantitative estimate of drug-likeness (QED) is 0.101. The van der Waals surface area contributed by atoms with Crippen molar-refractivity contribution >= 4 is 34.8 Å². The lowest BCUT2D eigenvalue weighted by Crippen LogP contribution is -2.43. The minimum atomic E-state index is -0.942. The summed E-state index contributed by atoms with van der Waals surface area (Å²) < 4.78 is 9.38. The van der Waals surface area contributed by atoms with Crippen molar-refractivity contribution in [2.75, 3.05) is 33.9 Å². The first kappa shape index (κ1) is 39.2. The van der Waals surface area contributed by atoms with E-state index < -0.39 is 18.2 Å². The normalized spacial score (nSPS) is 14.2. The number of alkyl carbamates (subject to hydrolysis) is 2. The van der Waals surface area contributed by atoms with Gasteiger partial charge in [0.1, 0.15) is 24.2 Å². The largest absolute Gasteiger partial charge is 0.453 e. The molecule has 0 spiro atoms. The highest BCUT2D eigenvalue weighted by Crippen LogP contribution is 2.35. The van der Waals surface area contributed by atoms with Crippen LogP contribution in [0.3, 0.4) is 0 Å². The number of likely N-dealkylation sites (tertiary alicyclic amines) is 1. The number of fused-ring (bicyclic) bond motifs is 1. The number of nitrogens with zero attached hydrogens (tertiary/aromatic N) is 5. The number of hydrogen-bond acceptors (Lipinski definition) is 9. The predicted octanol–water partition coefficient (Wildman–Crippen LogP) is 6.54. The number of imidazole rings is 2. The molecule has 298 valence electrons. The number of aromatic nitrogens is 5.